The molecule has 1 heterocycles. The summed E-state index contributed by atoms with van der Waals surface area (Å²) in [5.41, 5.74) is -0.247. The van der Waals surface area contributed by atoms with E-state index in [2.05, 4.69) is 21.2 Å². The van der Waals surface area contributed by atoms with Gasteiger partial charge in [0.05, 0.1) is 10.4 Å². The van der Waals surface area contributed by atoms with Crippen LogP contribution >= 0.6 is 15.9 Å². The van der Waals surface area contributed by atoms with Gasteiger partial charge in [0.1, 0.15) is 17.4 Å². The number of benzene rings is 1. The molecule has 3 N–H and O–H groups in total. The molecule has 18 heavy (non-hydrogen) atoms. The van der Waals surface area contributed by atoms with E-state index in [1.807, 2.05) is 0 Å². The van der Waals surface area contributed by atoms with Crippen molar-refractivity contribution in [3.63, 3.8) is 0 Å². The Morgan fingerprint density at radius 3 is 2.72 bits per heavy atom. The number of aliphatic carboxylic acids is 1. The number of rotatable bonds is 2. The summed E-state index contributed by atoms with van der Waals surface area (Å²) in [5, 5.41) is 20.9. The van der Waals surface area contributed by atoms with Crippen LogP contribution in [0.3, 0.4) is 0 Å². The lowest BCUT2D eigenvalue weighted by molar-refractivity contribution is -0.141. The first kappa shape index (κ1) is 13.2. The maximum Gasteiger partial charge on any atom is 0.307 e. The van der Waals surface area contributed by atoms with Crippen LogP contribution in [0.1, 0.15) is 18.0 Å². The third-order valence-electron chi connectivity index (χ3n) is 3.00. The van der Waals surface area contributed by atoms with Crippen molar-refractivity contribution < 1.29 is 23.8 Å². The van der Waals surface area contributed by atoms with Crippen molar-refractivity contribution in [1.82, 2.24) is 5.32 Å². The van der Waals surface area contributed by atoms with Crippen LogP contribution in [-0.4, -0.2) is 22.7 Å². The fourth-order valence-electron chi connectivity index (χ4n) is 2.06. The molecule has 1 aliphatic rings. The topological polar surface area (TPSA) is 69.6 Å². The van der Waals surface area contributed by atoms with E-state index in [-0.39, 0.29) is 23.0 Å². The number of carbonyl (C=O) groups is 1. The van der Waals surface area contributed by atoms with Gasteiger partial charge in [0, 0.05) is 24.2 Å². The van der Waals surface area contributed by atoms with Gasteiger partial charge in [-0.15, -0.1) is 0 Å². The van der Waals surface area contributed by atoms with Gasteiger partial charge in [-0.1, -0.05) is 0 Å². The summed E-state index contributed by atoms with van der Waals surface area (Å²) in [7, 11) is 0. The molecule has 2 atom stereocenters. The number of halogens is 3. The average molecular weight is 322 g/mol. The lowest BCUT2D eigenvalue weighted by atomic mass is 9.99. The van der Waals surface area contributed by atoms with Crippen LogP contribution in [-0.2, 0) is 4.79 Å². The molecule has 1 aromatic carbocycles. The summed E-state index contributed by atoms with van der Waals surface area (Å²) in [4.78, 5) is 10.8. The molecule has 0 amide bonds. The van der Waals surface area contributed by atoms with Crippen molar-refractivity contribution >= 4 is 21.9 Å². The summed E-state index contributed by atoms with van der Waals surface area (Å²) in [6, 6.07) is 0.0983. The van der Waals surface area contributed by atoms with Crippen LogP contribution in [0.4, 0.5) is 8.78 Å². The van der Waals surface area contributed by atoms with E-state index in [1.54, 1.807) is 0 Å². The van der Waals surface area contributed by atoms with E-state index in [4.69, 9.17) is 5.11 Å². The molecule has 1 fully saturated rings. The lowest BCUT2D eigenvalue weighted by Crippen LogP contribution is -2.18. The van der Waals surface area contributed by atoms with Crippen LogP contribution in [0.25, 0.3) is 0 Å². The van der Waals surface area contributed by atoms with Gasteiger partial charge in [-0.05, 0) is 22.4 Å². The van der Waals surface area contributed by atoms with Crippen LogP contribution < -0.4 is 5.32 Å². The Morgan fingerprint density at radius 1 is 1.50 bits per heavy atom. The lowest BCUT2D eigenvalue weighted by Gasteiger charge is -2.14. The van der Waals surface area contributed by atoms with Crippen LogP contribution in [0.5, 0.6) is 5.75 Å². The number of aromatic hydroxyl groups is 1. The van der Waals surface area contributed by atoms with Crippen LogP contribution in [0.2, 0.25) is 0 Å². The van der Waals surface area contributed by atoms with Crippen molar-refractivity contribution in [2.45, 2.75) is 12.5 Å². The molecular weight excluding hydrogens is 312 g/mol. The number of nitrogens with one attached hydrogen (secondary N) is 1. The molecule has 1 saturated heterocycles. The monoisotopic (exact) mass is 321 g/mol. The standard InChI is InChI=1S/C11H10BrF2NO3/c12-9-7(16)2-5(13)8(10(9)14)6-1-4(3-15-6)11(17)18/h2,4,6,15-16H,1,3H2,(H,17,18). The van der Waals surface area contributed by atoms with Gasteiger partial charge in [0.25, 0.3) is 0 Å². The minimum atomic E-state index is -0.997. The number of carboxylic acid groups (broad SMARTS) is 1. The highest BCUT2D eigenvalue weighted by atomic mass is 79.9. The maximum atomic E-state index is 13.9. The summed E-state index contributed by atoms with van der Waals surface area (Å²) >= 11 is 2.82. The predicted octanol–water partition coefficient (Wildman–Crippen LogP) is 2.17. The largest absolute Gasteiger partial charge is 0.507 e. The zero-order chi connectivity index (χ0) is 13.4. The Hall–Kier alpha value is -1.21. The average Bonchev–Trinajstić information content (AvgIpc) is 2.75. The molecule has 2 rings (SSSR count). The van der Waals surface area contributed by atoms with Crippen LogP contribution in [0.15, 0.2) is 10.5 Å². The number of phenols is 1. The molecule has 4 nitrogen and oxygen atoms in total. The van der Waals surface area contributed by atoms with Gasteiger partial charge in [-0.2, -0.15) is 0 Å². The Kier molecular flexibility index (Phi) is 3.54. The number of hydrogen-bond acceptors (Lipinski definition) is 3. The maximum absolute atomic E-state index is 13.9. The zero-order valence-corrected chi connectivity index (χ0v) is 10.7. The first-order valence-corrected chi connectivity index (χ1v) is 6.03. The molecule has 0 aliphatic carbocycles. The van der Waals surface area contributed by atoms with Crippen LogP contribution in [0, 0.1) is 17.6 Å². The Bertz CT molecular complexity index is 510. The van der Waals surface area contributed by atoms with Crippen molar-refractivity contribution in [3.05, 3.63) is 27.7 Å². The molecule has 0 spiro atoms. The molecule has 0 radical (unpaired) electrons. The third-order valence-corrected chi connectivity index (χ3v) is 3.76. The van der Waals surface area contributed by atoms with E-state index in [0.29, 0.717) is 0 Å². The Balaban J connectivity index is 2.36. The third kappa shape index (κ3) is 2.20. The number of hydrogen-bond donors (Lipinski definition) is 3. The molecule has 7 heteroatoms. The second-order valence-electron chi connectivity index (χ2n) is 4.15. The first-order valence-electron chi connectivity index (χ1n) is 5.24. The quantitative estimate of drug-likeness (QED) is 0.730. The van der Waals surface area contributed by atoms with Gasteiger partial charge in [0.2, 0.25) is 0 Å². The highest BCUT2D eigenvalue weighted by Crippen LogP contribution is 2.37. The van der Waals surface area contributed by atoms with Gasteiger partial charge in [0.15, 0.2) is 0 Å². The predicted molar refractivity (Wildman–Crippen MR) is 62.2 cm³/mol. The Labute approximate surface area is 110 Å². The fourth-order valence-corrected chi connectivity index (χ4v) is 2.39. The normalized spacial score (nSPS) is 23.3. The van der Waals surface area contributed by atoms with Crippen molar-refractivity contribution in [2.75, 3.05) is 6.54 Å². The van der Waals surface area contributed by atoms with Crippen molar-refractivity contribution in [2.24, 2.45) is 5.92 Å². The van der Waals surface area contributed by atoms with E-state index >= 15 is 0 Å². The zero-order valence-electron chi connectivity index (χ0n) is 9.08. The summed E-state index contributed by atoms with van der Waals surface area (Å²) in [5.74, 6) is -3.99. The number of phenolic OH excluding ortho intramolecular Hbond substituents is 1. The van der Waals surface area contributed by atoms with E-state index < -0.39 is 35.3 Å². The Morgan fingerprint density at radius 2 is 2.17 bits per heavy atom. The number of carboxylic acids is 1. The van der Waals surface area contributed by atoms with E-state index in [1.165, 1.54) is 0 Å². The van der Waals surface area contributed by atoms with Gasteiger partial charge in [-0.25, -0.2) is 8.78 Å². The minimum Gasteiger partial charge on any atom is -0.507 e. The highest BCUT2D eigenvalue weighted by Gasteiger charge is 2.34. The fraction of sp³-hybridized carbons (Fsp3) is 0.364. The summed E-state index contributed by atoms with van der Waals surface area (Å²) in [6.45, 7) is 0.164. The van der Waals surface area contributed by atoms with E-state index in [0.717, 1.165) is 6.07 Å². The molecule has 98 valence electrons. The van der Waals surface area contributed by atoms with Crippen molar-refractivity contribution in [1.29, 1.82) is 0 Å². The summed E-state index contributed by atoms with van der Waals surface area (Å²) < 4.78 is 27.3. The molecule has 1 aromatic rings. The molecule has 1 aliphatic heterocycles. The van der Waals surface area contributed by atoms with Gasteiger partial charge in [-0.3, -0.25) is 4.79 Å². The van der Waals surface area contributed by atoms with E-state index in [9.17, 15) is 18.7 Å². The smallest absolute Gasteiger partial charge is 0.307 e. The second-order valence-corrected chi connectivity index (χ2v) is 4.94. The summed E-state index contributed by atoms with van der Waals surface area (Å²) in [6.07, 6.45) is 0.111. The SMILES string of the molecule is O=C(O)C1CNC(c2c(F)cc(O)c(Br)c2F)C1. The molecule has 0 saturated carbocycles. The highest BCUT2D eigenvalue weighted by molar-refractivity contribution is 9.10. The molecule has 2 unspecified atom stereocenters. The minimum absolute atomic E-state index is 0.111. The second kappa shape index (κ2) is 4.81. The van der Waals surface area contributed by atoms with Gasteiger partial charge >= 0.3 is 5.97 Å². The molecular formula is C11H10BrF2NO3. The van der Waals surface area contributed by atoms with Crippen molar-refractivity contribution in [3.8, 4) is 5.75 Å². The first-order chi connectivity index (χ1) is 8.41. The van der Waals surface area contributed by atoms with Gasteiger partial charge < -0.3 is 15.5 Å². The molecule has 0 aromatic heterocycles. The molecule has 0 bridgehead atoms.